The quantitative estimate of drug-likeness (QED) is 0.631. The molecule has 0 bridgehead atoms. The van der Waals surface area contributed by atoms with Crippen molar-refractivity contribution >= 4 is 44.1 Å². The van der Waals surface area contributed by atoms with E-state index in [-0.39, 0.29) is 29.5 Å². The van der Waals surface area contributed by atoms with Crippen LogP contribution in [0.5, 0.6) is 0 Å². The van der Waals surface area contributed by atoms with E-state index in [4.69, 9.17) is 4.74 Å². The number of rotatable bonds is 3. The summed E-state index contributed by atoms with van der Waals surface area (Å²) in [4.78, 5) is 28.8. The Kier molecular flexibility index (Phi) is 5.01. The normalized spacial score (nSPS) is 28.4. The van der Waals surface area contributed by atoms with Crippen molar-refractivity contribution in [1.29, 1.82) is 0 Å². The number of aryl methyl sites for hydroxylation is 1. The van der Waals surface area contributed by atoms with Gasteiger partial charge in [-0.2, -0.15) is 0 Å². The van der Waals surface area contributed by atoms with Gasteiger partial charge in [-0.15, -0.1) is 10.2 Å². The molecule has 156 valence electrons. The lowest BCUT2D eigenvalue weighted by Crippen LogP contribution is -2.41. The third-order valence-electron chi connectivity index (χ3n) is 6.26. The van der Waals surface area contributed by atoms with E-state index >= 15 is 0 Å². The summed E-state index contributed by atoms with van der Waals surface area (Å²) >= 11 is 4.86. The number of aromatic nitrogens is 2. The van der Waals surface area contributed by atoms with Crippen molar-refractivity contribution in [2.45, 2.75) is 51.7 Å². The summed E-state index contributed by atoms with van der Waals surface area (Å²) in [6, 6.07) is 7.19. The Bertz CT molecular complexity index is 1050. The molecule has 1 amide bonds. The molecule has 4 unspecified atom stereocenters. The lowest BCUT2D eigenvalue weighted by atomic mass is 9.74. The predicted molar refractivity (Wildman–Crippen MR) is 117 cm³/mol. The predicted octanol–water partition coefficient (Wildman–Crippen LogP) is 4.61. The molecule has 0 N–H and O–H groups in total. The van der Waals surface area contributed by atoms with Gasteiger partial charge in [-0.1, -0.05) is 53.2 Å². The van der Waals surface area contributed by atoms with Gasteiger partial charge in [0.15, 0.2) is 11.5 Å². The van der Waals surface area contributed by atoms with Crippen molar-refractivity contribution < 1.29 is 14.3 Å². The average molecular weight is 488 g/mol. The zero-order chi connectivity index (χ0) is 21.0. The number of nitrogens with zero attached hydrogens (tertiary/aromatic N) is 3. The molecular formula is C22H22BrN3O3S. The van der Waals surface area contributed by atoms with Gasteiger partial charge >= 0.3 is 0 Å². The number of hydrogen-bond acceptors (Lipinski definition) is 6. The number of fused-ring (bicyclic) bond motifs is 1. The maximum Gasteiger partial charge on any atom is 0.296 e. The van der Waals surface area contributed by atoms with Crippen LogP contribution in [-0.4, -0.2) is 28.0 Å². The van der Waals surface area contributed by atoms with Crippen LogP contribution in [-0.2, 0) is 20.7 Å². The number of anilines is 1. The van der Waals surface area contributed by atoms with Gasteiger partial charge in [0.1, 0.15) is 11.1 Å². The van der Waals surface area contributed by atoms with Gasteiger partial charge in [-0.3, -0.25) is 14.5 Å². The summed E-state index contributed by atoms with van der Waals surface area (Å²) in [5, 5.41) is 9.83. The zero-order valence-electron chi connectivity index (χ0n) is 16.8. The number of ether oxygens (including phenoxy) is 1. The average Bonchev–Trinajstić information content (AvgIpc) is 3.32. The van der Waals surface area contributed by atoms with Gasteiger partial charge in [0.25, 0.3) is 5.91 Å². The van der Waals surface area contributed by atoms with Crippen LogP contribution in [0.15, 0.2) is 40.1 Å². The number of halogens is 1. The first-order valence-corrected chi connectivity index (χ1v) is 11.9. The fourth-order valence-electron chi connectivity index (χ4n) is 4.72. The molecular weight excluding hydrogens is 466 g/mol. The maximum atomic E-state index is 13.7. The lowest BCUT2D eigenvalue weighted by Gasteiger charge is -2.37. The van der Waals surface area contributed by atoms with Gasteiger partial charge < -0.3 is 4.74 Å². The highest BCUT2D eigenvalue weighted by atomic mass is 79.9. The van der Waals surface area contributed by atoms with Crippen molar-refractivity contribution in [3.63, 3.8) is 0 Å². The topological polar surface area (TPSA) is 72.4 Å². The molecule has 30 heavy (non-hydrogen) atoms. The summed E-state index contributed by atoms with van der Waals surface area (Å²) in [7, 11) is 0. The molecule has 1 aromatic carbocycles. The number of benzene rings is 1. The molecule has 2 aromatic rings. The number of Topliss-reactive ketones (excluding diaryl/α,β-unsaturated/α-hetero) is 1. The number of carbonyl (C=O) groups is 2. The SMILES string of the molecule is CCc1nnc(N2C(=O)C3=C(C(=O)C4CC(C)CCC4O3)C2c2ccc(Br)cc2)s1. The Balaban J connectivity index is 1.63. The second-order valence-corrected chi connectivity index (χ2v) is 10.2. The minimum atomic E-state index is -0.538. The Morgan fingerprint density at radius 1 is 1.20 bits per heavy atom. The van der Waals surface area contributed by atoms with Gasteiger partial charge in [-0.25, -0.2) is 0 Å². The summed E-state index contributed by atoms with van der Waals surface area (Å²) < 4.78 is 7.16. The van der Waals surface area contributed by atoms with Crippen LogP contribution in [0.1, 0.15) is 49.7 Å². The molecule has 4 atom stereocenters. The Morgan fingerprint density at radius 2 is 1.97 bits per heavy atom. The van der Waals surface area contributed by atoms with E-state index in [1.54, 1.807) is 4.90 Å². The molecule has 6 nitrogen and oxygen atoms in total. The van der Waals surface area contributed by atoms with Crippen molar-refractivity contribution in [2.75, 3.05) is 4.90 Å². The highest BCUT2D eigenvalue weighted by molar-refractivity contribution is 9.10. The van der Waals surface area contributed by atoms with E-state index in [1.165, 1.54) is 11.3 Å². The fraction of sp³-hybridized carbons (Fsp3) is 0.455. The smallest absolute Gasteiger partial charge is 0.296 e. The molecule has 0 radical (unpaired) electrons. The summed E-state index contributed by atoms with van der Waals surface area (Å²) in [6.45, 7) is 4.18. The molecule has 1 fully saturated rings. The summed E-state index contributed by atoms with van der Waals surface area (Å²) in [5.41, 5.74) is 1.34. The minimum Gasteiger partial charge on any atom is -0.483 e. The second-order valence-electron chi connectivity index (χ2n) is 8.25. The molecule has 3 aliphatic rings. The summed E-state index contributed by atoms with van der Waals surface area (Å²) in [5.74, 6) is 0.269. The molecule has 0 spiro atoms. The molecule has 1 aromatic heterocycles. The van der Waals surface area contributed by atoms with Crippen molar-refractivity contribution in [3.05, 3.63) is 50.6 Å². The largest absolute Gasteiger partial charge is 0.483 e. The first-order valence-electron chi connectivity index (χ1n) is 10.3. The van der Waals surface area contributed by atoms with Gasteiger partial charge in [-0.05, 0) is 49.3 Å². The Morgan fingerprint density at radius 3 is 2.67 bits per heavy atom. The number of carbonyl (C=O) groups excluding carboxylic acids is 2. The van der Waals surface area contributed by atoms with Crippen LogP contribution in [0, 0.1) is 11.8 Å². The lowest BCUT2D eigenvalue weighted by molar-refractivity contribution is -0.132. The van der Waals surface area contributed by atoms with E-state index in [2.05, 4.69) is 33.1 Å². The third kappa shape index (κ3) is 3.12. The molecule has 1 aliphatic carbocycles. The van der Waals surface area contributed by atoms with Crippen molar-refractivity contribution in [2.24, 2.45) is 11.8 Å². The maximum absolute atomic E-state index is 13.7. The number of hydrogen-bond donors (Lipinski definition) is 0. The molecule has 0 saturated heterocycles. The van der Waals surface area contributed by atoms with Crippen LogP contribution in [0.3, 0.4) is 0 Å². The molecule has 1 saturated carbocycles. The molecule has 8 heteroatoms. The van der Waals surface area contributed by atoms with E-state index in [0.717, 1.165) is 40.7 Å². The monoisotopic (exact) mass is 487 g/mol. The van der Waals surface area contributed by atoms with Crippen LogP contribution in [0.25, 0.3) is 0 Å². The van der Waals surface area contributed by atoms with Gasteiger partial charge in [0.05, 0.1) is 17.5 Å². The molecule has 3 heterocycles. The fourth-order valence-corrected chi connectivity index (χ4v) is 5.79. The van der Waals surface area contributed by atoms with Crippen LogP contribution in [0.4, 0.5) is 5.13 Å². The molecule has 5 rings (SSSR count). The minimum absolute atomic E-state index is 0.0526. The third-order valence-corrected chi connectivity index (χ3v) is 7.86. The highest BCUT2D eigenvalue weighted by Crippen LogP contribution is 2.49. The van der Waals surface area contributed by atoms with E-state index in [1.807, 2.05) is 31.2 Å². The highest BCUT2D eigenvalue weighted by Gasteiger charge is 2.53. The number of ketones is 1. The van der Waals surface area contributed by atoms with Crippen LogP contribution in [0.2, 0.25) is 0 Å². The van der Waals surface area contributed by atoms with Gasteiger partial charge in [0, 0.05) is 4.47 Å². The van der Waals surface area contributed by atoms with Gasteiger partial charge in [0.2, 0.25) is 5.13 Å². The Hall–Kier alpha value is -2.06. The standard InChI is InChI=1S/C22H22BrN3O3S/c1-3-16-24-25-22(30-16)26-18(12-5-7-13(23)8-6-12)17-19(27)14-10-11(2)4-9-15(14)29-20(17)21(26)28/h5-8,11,14-15,18H,3-4,9-10H2,1-2H3. The van der Waals surface area contributed by atoms with Crippen LogP contribution < -0.4 is 4.90 Å². The second kappa shape index (κ2) is 7.57. The van der Waals surface area contributed by atoms with E-state index in [9.17, 15) is 9.59 Å². The van der Waals surface area contributed by atoms with Crippen molar-refractivity contribution in [3.8, 4) is 0 Å². The zero-order valence-corrected chi connectivity index (χ0v) is 19.2. The molecule has 2 aliphatic heterocycles. The van der Waals surface area contributed by atoms with E-state index in [0.29, 0.717) is 16.6 Å². The Labute approximate surface area is 187 Å². The first kappa shape index (κ1) is 19.9. The van der Waals surface area contributed by atoms with Crippen LogP contribution >= 0.6 is 27.3 Å². The number of amides is 1. The van der Waals surface area contributed by atoms with Crippen molar-refractivity contribution in [1.82, 2.24) is 10.2 Å². The van der Waals surface area contributed by atoms with E-state index < -0.39 is 6.04 Å². The summed E-state index contributed by atoms with van der Waals surface area (Å²) in [6.07, 6.45) is 3.17. The first-order chi connectivity index (χ1) is 14.5.